The Morgan fingerprint density at radius 3 is 2.43 bits per heavy atom. The number of aromatic nitrogens is 1. The van der Waals surface area contributed by atoms with Crippen molar-refractivity contribution in [3.8, 4) is 34.1 Å². The number of sulfone groups is 1. The molecule has 0 saturated heterocycles. The maximum absolute atomic E-state index is 12.0. The van der Waals surface area contributed by atoms with Gasteiger partial charge in [-0.25, -0.2) is 22.0 Å². The SMILES string of the molecule is Cc1c(COc2cc(OCc3cncc(S(C)(=O)=O)c3)c(CNCCS(N)(=O)=O)cc2Cl)cccc1-c1ccc2c(c1)OCCO2. The van der Waals surface area contributed by atoms with Gasteiger partial charge in [0.2, 0.25) is 10.0 Å². The zero-order valence-electron chi connectivity index (χ0n) is 25.3. The van der Waals surface area contributed by atoms with Crippen LogP contribution in [-0.4, -0.2) is 53.6 Å². The molecular weight excluding hydrogens is 654 g/mol. The maximum atomic E-state index is 12.0. The zero-order chi connectivity index (χ0) is 32.9. The van der Waals surface area contributed by atoms with Crippen LogP contribution in [0.1, 0.15) is 22.3 Å². The van der Waals surface area contributed by atoms with Crippen LogP contribution in [0.2, 0.25) is 5.02 Å². The van der Waals surface area contributed by atoms with Crippen LogP contribution in [-0.2, 0) is 39.6 Å². The lowest BCUT2D eigenvalue weighted by Crippen LogP contribution is -2.27. The van der Waals surface area contributed by atoms with Gasteiger partial charge in [0.1, 0.15) is 37.9 Å². The summed E-state index contributed by atoms with van der Waals surface area (Å²) in [6.45, 7) is 3.63. The van der Waals surface area contributed by atoms with Crippen molar-refractivity contribution in [1.82, 2.24) is 10.3 Å². The van der Waals surface area contributed by atoms with Crippen molar-refractivity contribution in [3.63, 3.8) is 0 Å². The number of benzene rings is 3. The lowest BCUT2D eigenvalue weighted by Gasteiger charge is -2.20. The van der Waals surface area contributed by atoms with Crippen LogP contribution >= 0.6 is 11.6 Å². The summed E-state index contributed by atoms with van der Waals surface area (Å²) in [7, 11) is -7.09. The van der Waals surface area contributed by atoms with Gasteiger partial charge in [0.05, 0.1) is 15.7 Å². The van der Waals surface area contributed by atoms with E-state index in [2.05, 4.69) is 10.3 Å². The first-order chi connectivity index (χ1) is 21.9. The second kappa shape index (κ2) is 14.3. The molecule has 0 aliphatic carbocycles. The number of primary sulfonamides is 1. The average molecular weight is 688 g/mol. The first kappa shape index (κ1) is 33.5. The van der Waals surface area contributed by atoms with Crippen molar-refractivity contribution in [2.45, 2.75) is 31.6 Å². The third-order valence-electron chi connectivity index (χ3n) is 7.27. The molecule has 0 unspecified atom stereocenters. The Bertz CT molecular complexity index is 1950. The average Bonchev–Trinajstić information content (AvgIpc) is 3.01. The molecule has 1 aliphatic rings. The summed E-state index contributed by atoms with van der Waals surface area (Å²) in [5.74, 6) is 1.97. The Morgan fingerprint density at radius 2 is 1.67 bits per heavy atom. The van der Waals surface area contributed by atoms with Gasteiger partial charge in [-0.15, -0.1) is 0 Å². The van der Waals surface area contributed by atoms with Crippen LogP contribution in [0.4, 0.5) is 0 Å². The molecule has 0 atom stereocenters. The van der Waals surface area contributed by atoms with Gasteiger partial charge in [0, 0.05) is 48.9 Å². The van der Waals surface area contributed by atoms with E-state index in [4.69, 9.17) is 35.7 Å². The maximum Gasteiger partial charge on any atom is 0.210 e. The predicted molar refractivity (Wildman–Crippen MR) is 175 cm³/mol. The molecule has 14 heteroatoms. The van der Waals surface area contributed by atoms with E-state index in [1.165, 1.54) is 18.5 Å². The van der Waals surface area contributed by atoms with Gasteiger partial charge in [-0.1, -0.05) is 35.9 Å². The molecule has 1 aromatic heterocycles. The second-order valence-electron chi connectivity index (χ2n) is 10.8. The van der Waals surface area contributed by atoms with Crippen molar-refractivity contribution >= 4 is 31.5 Å². The minimum absolute atomic E-state index is 0.0122. The highest BCUT2D eigenvalue weighted by Gasteiger charge is 2.17. The van der Waals surface area contributed by atoms with Gasteiger partial charge >= 0.3 is 0 Å². The molecule has 46 heavy (non-hydrogen) atoms. The Hall–Kier alpha value is -3.88. The van der Waals surface area contributed by atoms with Crippen molar-refractivity contribution in [3.05, 3.63) is 94.3 Å². The molecule has 2 heterocycles. The van der Waals surface area contributed by atoms with Crippen molar-refractivity contribution in [2.75, 3.05) is 31.8 Å². The molecule has 0 saturated carbocycles. The van der Waals surface area contributed by atoms with E-state index in [9.17, 15) is 16.8 Å². The lowest BCUT2D eigenvalue weighted by atomic mass is 9.96. The highest BCUT2D eigenvalue weighted by molar-refractivity contribution is 7.90. The number of sulfonamides is 1. The molecule has 3 aromatic carbocycles. The first-order valence-electron chi connectivity index (χ1n) is 14.3. The van der Waals surface area contributed by atoms with E-state index < -0.39 is 19.9 Å². The number of rotatable bonds is 13. The predicted octanol–water partition coefficient (Wildman–Crippen LogP) is 4.42. The van der Waals surface area contributed by atoms with Crippen LogP contribution in [0.15, 0.2) is 71.9 Å². The number of hydrogen-bond donors (Lipinski definition) is 2. The summed E-state index contributed by atoms with van der Waals surface area (Å²) in [5, 5.41) is 8.48. The molecule has 5 rings (SSSR count). The molecule has 0 bridgehead atoms. The summed E-state index contributed by atoms with van der Waals surface area (Å²) in [5.41, 5.74) is 5.17. The lowest BCUT2D eigenvalue weighted by molar-refractivity contribution is 0.171. The highest BCUT2D eigenvalue weighted by Crippen LogP contribution is 2.37. The fourth-order valence-electron chi connectivity index (χ4n) is 4.82. The van der Waals surface area contributed by atoms with E-state index in [1.54, 1.807) is 12.1 Å². The van der Waals surface area contributed by atoms with Crippen LogP contribution in [0.25, 0.3) is 11.1 Å². The van der Waals surface area contributed by atoms with Crippen LogP contribution in [0.5, 0.6) is 23.0 Å². The van der Waals surface area contributed by atoms with Gasteiger partial charge in [0.15, 0.2) is 21.3 Å². The van der Waals surface area contributed by atoms with E-state index in [0.717, 1.165) is 34.3 Å². The third kappa shape index (κ3) is 8.68. The van der Waals surface area contributed by atoms with E-state index in [-0.39, 0.29) is 37.0 Å². The zero-order valence-corrected chi connectivity index (χ0v) is 27.7. The topological polar surface area (TPSA) is 156 Å². The minimum Gasteiger partial charge on any atom is -0.488 e. The molecule has 1 aliphatic heterocycles. The Balaban J connectivity index is 1.36. The van der Waals surface area contributed by atoms with Crippen molar-refractivity contribution < 1.29 is 35.8 Å². The monoisotopic (exact) mass is 687 g/mol. The summed E-state index contributed by atoms with van der Waals surface area (Å²) in [4.78, 5) is 4.10. The second-order valence-corrected chi connectivity index (χ2v) is 14.9. The summed E-state index contributed by atoms with van der Waals surface area (Å²) < 4.78 is 70.4. The molecule has 0 fully saturated rings. The molecule has 0 radical (unpaired) electrons. The van der Waals surface area contributed by atoms with E-state index in [1.807, 2.05) is 43.3 Å². The van der Waals surface area contributed by atoms with Crippen LogP contribution < -0.4 is 29.4 Å². The fourth-order valence-corrected chi connectivity index (χ4v) is 6.11. The molecule has 3 N–H and O–H groups in total. The molecule has 244 valence electrons. The number of hydrogen-bond acceptors (Lipinski definition) is 10. The van der Waals surface area contributed by atoms with Crippen LogP contribution in [0, 0.1) is 6.92 Å². The number of nitrogens with zero attached hydrogens (tertiary/aromatic N) is 1. The Kier molecular flexibility index (Phi) is 10.4. The minimum atomic E-state index is -3.64. The number of nitrogens with two attached hydrogens (primary N) is 1. The Morgan fingerprint density at radius 1 is 0.913 bits per heavy atom. The first-order valence-corrected chi connectivity index (χ1v) is 18.3. The van der Waals surface area contributed by atoms with Crippen molar-refractivity contribution in [1.29, 1.82) is 0 Å². The van der Waals surface area contributed by atoms with Gasteiger partial charge < -0.3 is 24.3 Å². The largest absolute Gasteiger partial charge is 0.488 e. The molecule has 11 nitrogen and oxygen atoms in total. The highest BCUT2D eigenvalue weighted by atomic mass is 35.5. The van der Waals surface area contributed by atoms with E-state index in [0.29, 0.717) is 46.6 Å². The van der Waals surface area contributed by atoms with Gasteiger partial charge in [0.25, 0.3) is 0 Å². The summed E-state index contributed by atoms with van der Waals surface area (Å²) in [6.07, 6.45) is 3.90. The van der Waals surface area contributed by atoms with Gasteiger partial charge in [-0.05, 0) is 53.4 Å². The molecule has 0 amide bonds. The van der Waals surface area contributed by atoms with Crippen molar-refractivity contribution in [2.24, 2.45) is 5.14 Å². The Labute approximate surface area is 273 Å². The normalized spacial score (nSPS) is 13.0. The number of ether oxygens (including phenoxy) is 4. The standard InChI is InChI=1S/C32H34ClN3O8S2/c1-21-24(4-3-5-27(21)23-6-7-29-32(14-23)42-10-9-41-29)20-44-31-15-30(25(13-28(31)33)17-35-8-11-46(34,39)40)43-19-22-12-26(18-36-16-22)45(2,37)38/h3-7,12-16,18,35H,8-11,17,19-20H2,1-2H3,(H2,34,39,40). The van der Waals surface area contributed by atoms with Gasteiger partial charge in [-0.3, -0.25) is 4.98 Å². The quantitative estimate of drug-likeness (QED) is 0.193. The van der Waals surface area contributed by atoms with Crippen LogP contribution in [0.3, 0.4) is 0 Å². The molecular formula is C32H34ClN3O8S2. The molecule has 0 spiro atoms. The van der Waals surface area contributed by atoms with E-state index >= 15 is 0 Å². The number of nitrogens with one attached hydrogen (secondary N) is 1. The number of pyridine rings is 1. The number of fused-ring (bicyclic) bond motifs is 1. The smallest absolute Gasteiger partial charge is 0.210 e. The number of halogens is 1. The third-order valence-corrected chi connectivity index (χ3v) is 9.42. The summed E-state index contributed by atoms with van der Waals surface area (Å²) >= 11 is 6.65. The summed E-state index contributed by atoms with van der Waals surface area (Å²) in [6, 6.07) is 16.7. The van der Waals surface area contributed by atoms with Gasteiger partial charge in [-0.2, -0.15) is 0 Å². The fraction of sp³-hybridized carbons (Fsp3) is 0.281. The molecule has 4 aromatic rings.